The van der Waals surface area contributed by atoms with Gasteiger partial charge in [0, 0.05) is 22.3 Å². The van der Waals surface area contributed by atoms with Crippen molar-refractivity contribution in [2.45, 2.75) is 6.92 Å². The van der Waals surface area contributed by atoms with E-state index in [2.05, 4.69) is 20.8 Å². The van der Waals surface area contributed by atoms with Gasteiger partial charge in [0.05, 0.1) is 14.2 Å². The first-order valence-electron chi connectivity index (χ1n) is 8.40. The fourth-order valence-corrected chi connectivity index (χ4v) is 2.72. The van der Waals surface area contributed by atoms with Gasteiger partial charge >= 0.3 is 0 Å². The molecule has 144 valence electrons. The van der Waals surface area contributed by atoms with Gasteiger partial charge in [0.1, 0.15) is 11.5 Å². The fraction of sp³-hybridized carbons (Fsp3) is 0.150. The summed E-state index contributed by atoms with van der Waals surface area (Å²) in [5, 5.41) is 14.7. The smallest absolute Gasteiger partial charge is 0.257 e. The third kappa shape index (κ3) is 4.69. The van der Waals surface area contributed by atoms with Crippen molar-refractivity contribution in [2.75, 3.05) is 24.9 Å². The molecule has 0 unspecified atom stereocenters. The van der Waals surface area contributed by atoms with Gasteiger partial charge in [0.25, 0.3) is 5.91 Å². The van der Waals surface area contributed by atoms with E-state index in [1.807, 2.05) is 19.1 Å². The molecule has 0 atom stereocenters. The largest absolute Gasteiger partial charge is 0.497 e. The van der Waals surface area contributed by atoms with Crippen molar-refractivity contribution in [3.05, 3.63) is 64.7 Å². The number of amides is 1. The Hall–Kier alpha value is -3.32. The molecule has 0 saturated heterocycles. The Kier molecular flexibility index (Phi) is 5.96. The Morgan fingerprint density at radius 3 is 2.14 bits per heavy atom. The first kappa shape index (κ1) is 19.4. The van der Waals surface area contributed by atoms with Crippen LogP contribution in [-0.2, 0) is 0 Å². The van der Waals surface area contributed by atoms with Crippen LogP contribution in [0.15, 0.2) is 48.5 Å². The Bertz CT molecular complexity index is 971. The van der Waals surface area contributed by atoms with Crippen LogP contribution in [0.1, 0.15) is 15.9 Å². The zero-order valence-electron chi connectivity index (χ0n) is 15.6. The summed E-state index contributed by atoms with van der Waals surface area (Å²) >= 11 is 5.97. The number of nitrogens with one attached hydrogen (secondary N) is 2. The van der Waals surface area contributed by atoms with Crippen LogP contribution in [0.25, 0.3) is 0 Å². The molecule has 0 saturated carbocycles. The van der Waals surface area contributed by atoms with Crippen molar-refractivity contribution in [1.29, 1.82) is 0 Å². The summed E-state index contributed by atoms with van der Waals surface area (Å²) in [5.41, 5.74) is 2.25. The molecule has 1 aromatic heterocycles. The quantitative estimate of drug-likeness (QED) is 0.638. The molecular formula is C20H19ClN4O3. The maximum absolute atomic E-state index is 12.5. The Balaban J connectivity index is 1.71. The molecule has 3 aromatic rings. The van der Waals surface area contributed by atoms with Crippen molar-refractivity contribution < 1.29 is 14.3 Å². The highest BCUT2D eigenvalue weighted by atomic mass is 35.5. The number of ether oxygens (including phenoxy) is 2. The summed E-state index contributed by atoms with van der Waals surface area (Å²) in [6.45, 7) is 1.94. The lowest BCUT2D eigenvalue weighted by molar-refractivity contribution is 0.102. The van der Waals surface area contributed by atoms with Gasteiger partial charge < -0.3 is 20.1 Å². The van der Waals surface area contributed by atoms with Gasteiger partial charge in [-0.2, -0.15) is 0 Å². The fourth-order valence-electron chi connectivity index (χ4n) is 2.50. The first-order valence-corrected chi connectivity index (χ1v) is 8.77. The van der Waals surface area contributed by atoms with Crippen LogP contribution in [0.3, 0.4) is 0 Å². The molecule has 7 nitrogen and oxygen atoms in total. The predicted molar refractivity (Wildman–Crippen MR) is 109 cm³/mol. The van der Waals surface area contributed by atoms with Crippen LogP contribution >= 0.6 is 11.6 Å². The Labute approximate surface area is 167 Å². The molecule has 8 heteroatoms. The molecule has 2 aromatic carbocycles. The molecule has 1 heterocycles. The molecule has 1 amide bonds. The van der Waals surface area contributed by atoms with E-state index >= 15 is 0 Å². The molecule has 0 aliphatic rings. The van der Waals surface area contributed by atoms with E-state index in [4.69, 9.17) is 21.1 Å². The molecule has 3 rings (SSSR count). The standard InChI is InChI=1S/C20H19ClN4O3/c1-12-8-14(21)4-5-17(12)22-18-6-7-19(25-24-18)23-20(26)13-9-15(27-2)11-16(10-13)28-3/h4-11H,1-3H3,(H,22,24)(H,23,25,26). The average molecular weight is 399 g/mol. The van der Waals surface area contributed by atoms with E-state index in [-0.39, 0.29) is 5.91 Å². The van der Waals surface area contributed by atoms with E-state index in [1.165, 1.54) is 14.2 Å². The summed E-state index contributed by atoms with van der Waals surface area (Å²) < 4.78 is 10.4. The lowest BCUT2D eigenvalue weighted by Gasteiger charge is -2.10. The molecule has 0 spiro atoms. The predicted octanol–water partition coefficient (Wildman–Crippen LogP) is 4.45. The molecule has 0 bridgehead atoms. The number of hydrogen-bond acceptors (Lipinski definition) is 6. The maximum atomic E-state index is 12.5. The lowest BCUT2D eigenvalue weighted by atomic mass is 10.2. The van der Waals surface area contributed by atoms with Gasteiger partial charge in [-0.05, 0) is 55.0 Å². The van der Waals surface area contributed by atoms with Gasteiger partial charge in [-0.25, -0.2) is 0 Å². The van der Waals surface area contributed by atoms with Crippen LogP contribution in [-0.4, -0.2) is 30.3 Å². The summed E-state index contributed by atoms with van der Waals surface area (Å²) in [6, 6.07) is 13.8. The van der Waals surface area contributed by atoms with Crippen molar-refractivity contribution in [3.63, 3.8) is 0 Å². The number of aromatic nitrogens is 2. The third-order valence-electron chi connectivity index (χ3n) is 3.97. The minimum Gasteiger partial charge on any atom is -0.497 e. The SMILES string of the molecule is COc1cc(OC)cc(C(=O)Nc2ccc(Nc3ccc(Cl)cc3C)nn2)c1. The highest BCUT2D eigenvalue weighted by molar-refractivity contribution is 6.30. The molecule has 0 aliphatic carbocycles. The minimum absolute atomic E-state index is 0.324. The zero-order chi connectivity index (χ0) is 20.1. The van der Waals surface area contributed by atoms with Crippen LogP contribution in [0.2, 0.25) is 5.02 Å². The highest BCUT2D eigenvalue weighted by Crippen LogP contribution is 2.24. The number of benzene rings is 2. The number of aryl methyl sites for hydroxylation is 1. The monoisotopic (exact) mass is 398 g/mol. The van der Waals surface area contributed by atoms with Gasteiger partial charge in [-0.15, -0.1) is 10.2 Å². The van der Waals surface area contributed by atoms with Crippen molar-refractivity contribution >= 4 is 34.8 Å². The number of carbonyl (C=O) groups is 1. The van der Waals surface area contributed by atoms with E-state index in [0.717, 1.165) is 11.3 Å². The number of halogens is 1. The van der Waals surface area contributed by atoms with E-state index < -0.39 is 0 Å². The van der Waals surface area contributed by atoms with Gasteiger partial charge in [0.15, 0.2) is 11.6 Å². The molecule has 0 radical (unpaired) electrons. The minimum atomic E-state index is -0.347. The van der Waals surface area contributed by atoms with Crippen LogP contribution < -0.4 is 20.1 Å². The first-order chi connectivity index (χ1) is 13.5. The number of nitrogens with zero attached hydrogens (tertiary/aromatic N) is 2. The second-order valence-corrected chi connectivity index (χ2v) is 6.38. The van der Waals surface area contributed by atoms with Crippen LogP contribution in [0, 0.1) is 6.92 Å². The molecular weight excluding hydrogens is 380 g/mol. The average Bonchev–Trinajstić information content (AvgIpc) is 2.71. The summed E-state index contributed by atoms with van der Waals surface area (Å²) in [4.78, 5) is 12.5. The molecule has 28 heavy (non-hydrogen) atoms. The number of carbonyl (C=O) groups excluding carboxylic acids is 1. The molecule has 0 fully saturated rings. The highest BCUT2D eigenvalue weighted by Gasteiger charge is 2.11. The van der Waals surface area contributed by atoms with Crippen molar-refractivity contribution in [2.24, 2.45) is 0 Å². The number of hydrogen-bond donors (Lipinski definition) is 2. The number of anilines is 3. The van der Waals surface area contributed by atoms with Gasteiger partial charge in [-0.3, -0.25) is 4.79 Å². The van der Waals surface area contributed by atoms with Crippen LogP contribution in [0.5, 0.6) is 11.5 Å². The maximum Gasteiger partial charge on any atom is 0.257 e. The molecule has 0 aliphatic heterocycles. The van der Waals surface area contributed by atoms with Gasteiger partial charge in [0.2, 0.25) is 0 Å². The topological polar surface area (TPSA) is 85.4 Å². The molecule has 2 N–H and O–H groups in total. The second-order valence-electron chi connectivity index (χ2n) is 5.94. The van der Waals surface area contributed by atoms with Crippen molar-refractivity contribution in [1.82, 2.24) is 10.2 Å². The van der Waals surface area contributed by atoms with Gasteiger partial charge in [-0.1, -0.05) is 11.6 Å². The summed E-state index contributed by atoms with van der Waals surface area (Å²) in [6.07, 6.45) is 0. The Morgan fingerprint density at radius 1 is 0.929 bits per heavy atom. The summed E-state index contributed by atoms with van der Waals surface area (Å²) in [7, 11) is 3.05. The van der Waals surface area contributed by atoms with Crippen LogP contribution in [0.4, 0.5) is 17.3 Å². The number of methoxy groups -OCH3 is 2. The van der Waals surface area contributed by atoms with E-state index in [1.54, 1.807) is 36.4 Å². The lowest BCUT2D eigenvalue weighted by Crippen LogP contribution is -2.14. The Morgan fingerprint density at radius 2 is 1.57 bits per heavy atom. The second kappa shape index (κ2) is 8.58. The van der Waals surface area contributed by atoms with E-state index in [9.17, 15) is 4.79 Å². The zero-order valence-corrected chi connectivity index (χ0v) is 16.4. The number of rotatable bonds is 6. The van der Waals surface area contributed by atoms with Crippen molar-refractivity contribution in [3.8, 4) is 11.5 Å². The normalized spacial score (nSPS) is 10.3. The summed E-state index contributed by atoms with van der Waals surface area (Å²) in [5.74, 6) is 1.57. The van der Waals surface area contributed by atoms with E-state index in [0.29, 0.717) is 33.7 Å². The third-order valence-corrected chi connectivity index (χ3v) is 4.21.